The first kappa shape index (κ1) is 44.0. The van der Waals surface area contributed by atoms with Crippen molar-refractivity contribution in [1.29, 1.82) is 0 Å². The van der Waals surface area contributed by atoms with Crippen molar-refractivity contribution < 1.29 is 8.78 Å². The molecule has 11 heteroatoms. The van der Waals surface area contributed by atoms with E-state index in [4.69, 9.17) is 15.7 Å². The molecule has 1 unspecified atom stereocenters. The third kappa shape index (κ3) is 9.30. The summed E-state index contributed by atoms with van der Waals surface area (Å²) in [6, 6.07) is 5.32. The lowest BCUT2D eigenvalue weighted by molar-refractivity contribution is 0.418. The average Bonchev–Trinajstić information content (AvgIpc) is 4.01. The number of aryl methyl sites for hydroxylation is 4. The number of nitrogens with zero attached hydrogens (tertiary/aromatic N) is 7. The van der Waals surface area contributed by atoms with Crippen molar-refractivity contribution in [2.75, 3.05) is 50.4 Å². The van der Waals surface area contributed by atoms with E-state index in [0.29, 0.717) is 44.0 Å². The highest BCUT2D eigenvalue weighted by atomic mass is 32.1. The minimum atomic E-state index is -0.376. The molecule has 3 aromatic heterocycles. The molecule has 3 aliphatic rings. The number of benzene rings is 2. The van der Waals surface area contributed by atoms with Crippen molar-refractivity contribution >= 4 is 48.8 Å². The summed E-state index contributed by atoms with van der Waals surface area (Å²) in [6.07, 6.45) is 10.1. The summed E-state index contributed by atoms with van der Waals surface area (Å²) in [7, 11) is 4.11. The van der Waals surface area contributed by atoms with Gasteiger partial charge in [-0.15, -0.1) is 11.3 Å². The van der Waals surface area contributed by atoms with Crippen LogP contribution >= 0.6 is 11.3 Å². The van der Waals surface area contributed by atoms with E-state index >= 15 is 4.39 Å². The van der Waals surface area contributed by atoms with Crippen LogP contribution in [0, 0.1) is 31.4 Å². The molecule has 310 valence electrons. The van der Waals surface area contributed by atoms with Crippen molar-refractivity contribution in [2.24, 2.45) is 13.0 Å². The Morgan fingerprint density at radius 1 is 0.965 bits per heavy atom. The molecule has 3 aliphatic heterocycles. The Labute approximate surface area is 344 Å². The number of hydrogen-bond donors (Lipinski definition) is 1. The molecule has 2 fully saturated rings. The SMILES string of the molecule is C=C(c1ccnn1C)N1CCC(N2CCCc3c(C)c(-c4ccc(F)c5sc(N)c(C)c45)c(F)c4nc(CCC)nc2c34)C1.CC.CCC(C)C.CN1CCCC1. The van der Waals surface area contributed by atoms with E-state index < -0.39 is 0 Å². The lowest BCUT2D eigenvalue weighted by Crippen LogP contribution is -2.38. The van der Waals surface area contributed by atoms with Gasteiger partial charge in [-0.1, -0.05) is 60.6 Å². The third-order valence-electron chi connectivity index (χ3n) is 11.6. The average molecular weight is 801 g/mol. The second kappa shape index (κ2) is 19.6. The molecule has 5 aromatic rings. The van der Waals surface area contributed by atoms with E-state index in [0.717, 1.165) is 90.5 Å². The van der Waals surface area contributed by atoms with Crippen LogP contribution in [0.5, 0.6) is 0 Å². The van der Waals surface area contributed by atoms with Gasteiger partial charge in [0.1, 0.15) is 23.0 Å². The Kier molecular flexibility index (Phi) is 15.1. The summed E-state index contributed by atoms with van der Waals surface area (Å²) in [5, 5.41) is 6.36. The van der Waals surface area contributed by atoms with Crippen LogP contribution in [0.3, 0.4) is 0 Å². The summed E-state index contributed by atoms with van der Waals surface area (Å²) in [5.74, 6) is 1.65. The normalized spacial score (nSPS) is 16.6. The number of nitrogen functional groups attached to an aromatic ring is 1. The molecule has 0 amide bonds. The van der Waals surface area contributed by atoms with Crippen LogP contribution in [0.4, 0.5) is 19.6 Å². The molecule has 0 saturated carbocycles. The maximum Gasteiger partial charge on any atom is 0.157 e. The standard InChI is InChI=1S/C34H37F2N7S.C5H11N.C5H12.C2H6/c1-6-8-26-39-31-29-22(18(2)27(30(31)36)23-10-11-24(35)32-28(23)19(3)33(37)44-32)9-7-15-43(34(29)40-26)21-13-16-42(17-21)20(4)25-12-14-38-41(25)5;1-6-4-2-3-5-6;1-4-5(2)3;1-2/h10-12,14,21H,4,6-9,13,15-17,37H2,1-3,5H3;2-5H2,1H3;5H,4H2,1-3H3;1-2H3. The Morgan fingerprint density at radius 2 is 1.67 bits per heavy atom. The predicted octanol–water partition coefficient (Wildman–Crippen LogP) is 11.0. The van der Waals surface area contributed by atoms with Gasteiger partial charge in [-0.2, -0.15) is 5.10 Å². The van der Waals surface area contributed by atoms with Gasteiger partial charge in [0.15, 0.2) is 5.82 Å². The van der Waals surface area contributed by atoms with E-state index in [1.165, 1.54) is 49.8 Å². The van der Waals surface area contributed by atoms with E-state index in [1.54, 1.807) is 12.3 Å². The summed E-state index contributed by atoms with van der Waals surface area (Å²) < 4.78 is 34.3. The molecule has 2 aromatic carbocycles. The number of nitrogens with two attached hydrogens (primary N) is 1. The van der Waals surface area contributed by atoms with Gasteiger partial charge in [0.25, 0.3) is 0 Å². The van der Waals surface area contributed by atoms with Crippen LogP contribution in [0.1, 0.15) is 108 Å². The first-order valence-electron chi connectivity index (χ1n) is 21.2. The monoisotopic (exact) mass is 801 g/mol. The number of rotatable bonds is 7. The predicted molar refractivity (Wildman–Crippen MR) is 239 cm³/mol. The first-order chi connectivity index (χ1) is 27.4. The van der Waals surface area contributed by atoms with E-state index in [2.05, 4.69) is 61.1 Å². The second-order valence-electron chi connectivity index (χ2n) is 15.9. The molecule has 0 aliphatic carbocycles. The lowest BCUT2D eigenvalue weighted by atomic mass is 9.88. The van der Waals surface area contributed by atoms with Gasteiger partial charge in [0.05, 0.1) is 21.1 Å². The molecule has 8 rings (SSSR count). The number of thiophene rings is 1. The van der Waals surface area contributed by atoms with E-state index in [-0.39, 0.29) is 17.7 Å². The van der Waals surface area contributed by atoms with Gasteiger partial charge in [0, 0.05) is 61.7 Å². The number of anilines is 2. The van der Waals surface area contributed by atoms with Gasteiger partial charge in [-0.3, -0.25) is 4.68 Å². The summed E-state index contributed by atoms with van der Waals surface area (Å²) in [6.45, 7) is 26.1. The fourth-order valence-corrected chi connectivity index (χ4v) is 9.10. The van der Waals surface area contributed by atoms with Crippen LogP contribution in [0.25, 0.3) is 37.8 Å². The Balaban J connectivity index is 0.000000413. The van der Waals surface area contributed by atoms with Crippen molar-refractivity contribution in [1.82, 2.24) is 29.5 Å². The van der Waals surface area contributed by atoms with Gasteiger partial charge in [-0.05, 0) is 113 Å². The smallest absolute Gasteiger partial charge is 0.157 e. The first-order valence-corrected chi connectivity index (χ1v) is 22.0. The number of hydrogen-bond acceptors (Lipinski definition) is 8. The molecule has 8 nitrogen and oxygen atoms in total. The fourth-order valence-electron chi connectivity index (χ4n) is 8.10. The Bertz CT molecular complexity index is 2150. The summed E-state index contributed by atoms with van der Waals surface area (Å²) >= 11 is 1.21. The molecular weight excluding hydrogens is 735 g/mol. The van der Waals surface area contributed by atoms with Crippen LogP contribution in [0.15, 0.2) is 31.0 Å². The van der Waals surface area contributed by atoms with Gasteiger partial charge in [0.2, 0.25) is 0 Å². The van der Waals surface area contributed by atoms with Crippen LogP contribution < -0.4 is 10.6 Å². The minimum Gasteiger partial charge on any atom is -0.390 e. The largest absolute Gasteiger partial charge is 0.390 e. The van der Waals surface area contributed by atoms with Gasteiger partial charge >= 0.3 is 0 Å². The van der Waals surface area contributed by atoms with Crippen LogP contribution in [0.2, 0.25) is 0 Å². The molecule has 0 spiro atoms. The maximum absolute atomic E-state index is 17.1. The fraction of sp³-hybridized carbons (Fsp3) is 0.543. The van der Waals surface area contributed by atoms with E-state index in [1.807, 2.05) is 45.5 Å². The Morgan fingerprint density at radius 3 is 2.26 bits per heavy atom. The zero-order chi connectivity index (χ0) is 41.6. The molecule has 0 radical (unpaired) electrons. The highest BCUT2D eigenvalue weighted by molar-refractivity contribution is 7.23. The van der Waals surface area contributed by atoms with Crippen LogP contribution in [-0.4, -0.2) is 75.4 Å². The molecule has 57 heavy (non-hydrogen) atoms. The summed E-state index contributed by atoms with van der Waals surface area (Å²) in [4.78, 5) is 17.1. The lowest BCUT2D eigenvalue weighted by Gasteiger charge is -2.31. The second-order valence-corrected chi connectivity index (χ2v) is 17.0. The van der Waals surface area contributed by atoms with Crippen molar-refractivity contribution in [3.05, 3.63) is 70.8 Å². The van der Waals surface area contributed by atoms with Crippen molar-refractivity contribution in [3.8, 4) is 11.1 Å². The molecule has 2 saturated heterocycles. The topological polar surface area (TPSA) is 79.3 Å². The zero-order valence-corrected chi connectivity index (χ0v) is 37.1. The van der Waals surface area contributed by atoms with Gasteiger partial charge in [-0.25, -0.2) is 18.7 Å². The number of halogens is 2. The van der Waals surface area contributed by atoms with Crippen molar-refractivity contribution in [2.45, 2.75) is 113 Å². The van der Waals surface area contributed by atoms with Gasteiger partial charge < -0.3 is 20.4 Å². The molecule has 2 N–H and O–H groups in total. The summed E-state index contributed by atoms with van der Waals surface area (Å²) in [5.41, 5.74) is 12.4. The molecular formula is C46H66F2N8S. The van der Waals surface area contributed by atoms with E-state index in [9.17, 15) is 4.39 Å². The number of likely N-dealkylation sites (tertiary alicyclic amines) is 2. The highest BCUT2D eigenvalue weighted by Crippen LogP contribution is 2.46. The molecule has 1 atom stereocenters. The quantitative estimate of drug-likeness (QED) is 0.176. The zero-order valence-electron chi connectivity index (χ0n) is 36.2. The van der Waals surface area contributed by atoms with Crippen LogP contribution in [-0.2, 0) is 19.9 Å². The molecule has 6 heterocycles. The Hall–Kier alpha value is -4.09. The maximum atomic E-state index is 17.1. The third-order valence-corrected chi connectivity index (χ3v) is 12.8. The number of aromatic nitrogens is 4. The number of fused-ring (bicyclic) bond motifs is 1. The van der Waals surface area contributed by atoms with Crippen molar-refractivity contribution in [3.63, 3.8) is 0 Å². The minimum absolute atomic E-state index is 0.203. The highest BCUT2D eigenvalue weighted by Gasteiger charge is 2.35. The molecule has 0 bridgehead atoms.